The van der Waals surface area contributed by atoms with Gasteiger partial charge in [0.05, 0.1) is 12.4 Å². The third-order valence-corrected chi connectivity index (χ3v) is 5.12. The van der Waals surface area contributed by atoms with Gasteiger partial charge in [0.15, 0.2) is 4.34 Å². The number of nitrogens with one attached hydrogen (secondary N) is 3. The second-order valence-electron chi connectivity index (χ2n) is 5.12. The molecule has 0 aliphatic rings. The number of ether oxygens (including phenoxy) is 1. The molecule has 0 unspecified atom stereocenters. The molecule has 0 spiro atoms. The number of aromatic nitrogens is 2. The van der Waals surface area contributed by atoms with Crippen LogP contribution >= 0.6 is 23.1 Å². The molecule has 1 heterocycles. The maximum absolute atomic E-state index is 11.7. The Morgan fingerprint density at radius 1 is 1.19 bits per heavy atom. The second-order valence-corrected chi connectivity index (χ2v) is 7.32. The number of benzene rings is 1. The summed E-state index contributed by atoms with van der Waals surface area (Å²) in [5.74, 6) is -0.296. The number of anilines is 1. The number of carbonyl (C=O) groups excluding carboxylic acids is 2. The average Bonchev–Trinajstić information content (AvgIpc) is 3.09. The van der Waals surface area contributed by atoms with Crippen LogP contribution in [0.2, 0.25) is 0 Å². The molecule has 0 saturated carbocycles. The number of imide groups is 1. The van der Waals surface area contributed by atoms with Crippen molar-refractivity contribution in [3.8, 4) is 0 Å². The first-order valence-electron chi connectivity index (χ1n) is 7.98. The summed E-state index contributed by atoms with van der Waals surface area (Å²) in [6, 6.07) is 9.63. The van der Waals surface area contributed by atoms with E-state index in [0.717, 1.165) is 13.0 Å². The van der Waals surface area contributed by atoms with Gasteiger partial charge in [0.25, 0.3) is 0 Å². The third-order valence-electron chi connectivity index (χ3n) is 3.11. The average molecular weight is 396 g/mol. The number of carbonyl (C=O) groups is 2. The molecule has 0 atom stereocenters. The zero-order valence-electron chi connectivity index (χ0n) is 14.4. The van der Waals surface area contributed by atoms with Crippen molar-refractivity contribution in [3.05, 3.63) is 35.9 Å². The molecular formula is C16H21N5O3S2. The number of hydrogen-bond acceptors (Lipinski definition) is 8. The quantitative estimate of drug-likeness (QED) is 0.416. The fourth-order valence-corrected chi connectivity index (χ4v) is 3.48. The molecule has 2 aromatic rings. The van der Waals surface area contributed by atoms with Gasteiger partial charge in [0.1, 0.15) is 0 Å². The first kappa shape index (κ1) is 20.1. The minimum Gasteiger partial charge on any atom is -0.383 e. The van der Waals surface area contributed by atoms with Crippen molar-refractivity contribution in [2.45, 2.75) is 10.8 Å². The van der Waals surface area contributed by atoms with E-state index in [-0.39, 0.29) is 5.75 Å². The Hall–Kier alpha value is -2.17. The summed E-state index contributed by atoms with van der Waals surface area (Å²) in [6.45, 7) is 1.49. The Balaban J connectivity index is 1.64. The first-order chi connectivity index (χ1) is 12.7. The van der Waals surface area contributed by atoms with Crippen molar-refractivity contribution in [2.75, 3.05) is 37.9 Å². The fraction of sp³-hybridized carbons (Fsp3) is 0.375. The van der Waals surface area contributed by atoms with Crippen LogP contribution in [0.4, 0.5) is 9.93 Å². The smallest absolute Gasteiger partial charge is 0.321 e. The van der Waals surface area contributed by atoms with Crippen molar-refractivity contribution < 1.29 is 14.3 Å². The highest BCUT2D eigenvalue weighted by atomic mass is 32.2. The molecule has 3 amide bonds. The molecule has 0 bridgehead atoms. The molecule has 0 radical (unpaired) electrons. The summed E-state index contributed by atoms with van der Waals surface area (Å²) >= 11 is 2.62. The molecule has 26 heavy (non-hydrogen) atoms. The molecule has 8 nitrogen and oxygen atoms in total. The van der Waals surface area contributed by atoms with Gasteiger partial charge in [0, 0.05) is 20.2 Å². The topological polar surface area (TPSA) is 105 Å². The van der Waals surface area contributed by atoms with Crippen LogP contribution in [0.3, 0.4) is 0 Å². The molecule has 1 aromatic carbocycles. The van der Waals surface area contributed by atoms with Gasteiger partial charge in [-0.05, 0) is 12.0 Å². The van der Waals surface area contributed by atoms with E-state index in [2.05, 4.69) is 38.3 Å². The highest BCUT2D eigenvalue weighted by molar-refractivity contribution is 8.01. The van der Waals surface area contributed by atoms with Crippen molar-refractivity contribution in [1.29, 1.82) is 0 Å². The predicted octanol–water partition coefficient (Wildman–Crippen LogP) is 1.76. The summed E-state index contributed by atoms with van der Waals surface area (Å²) < 4.78 is 5.48. The summed E-state index contributed by atoms with van der Waals surface area (Å²) in [6.07, 6.45) is 0.892. The Bertz CT molecular complexity index is 696. The van der Waals surface area contributed by atoms with Crippen molar-refractivity contribution in [3.63, 3.8) is 0 Å². The van der Waals surface area contributed by atoms with Crippen molar-refractivity contribution in [2.24, 2.45) is 0 Å². The molecule has 3 N–H and O–H groups in total. The van der Waals surface area contributed by atoms with E-state index in [1.54, 1.807) is 0 Å². The first-order valence-corrected chi connectivity index (χ1v) is 9.78. The van der Waals surface area contributed by atoms with Crippen LogP contribution in [0.25, 0.3) is 0 Å². The summed E-state index contributed by atoms with van der Waals surface area (Å²) in [5.41, 5.74) is 1.25. The monoisotopic (exact) mass is 395 g/mol. The number of methoxy groups -OCH3 is 1. The van der Waals surface area contributed by atoms with Gasteiger partial charge in [-0.1, -0.05) is 53.4 Å². The Morgan fingerprint density at radius 2 is 2.00 bits per heavy atom. The largest absolute Gasteiger partial charge is 0.383 e. The lowest BCUT2D eigenvalue weighted by Gasteiger charge is -2.05. The molecule has 0 aliphatic heterocycles. The normalized spacial score (nSPS) is 10.3. The highest BCUT2D eigenvalue weighted by Gasteiger charge is 2.10. The van der Waals surface area contributed by atoms with E-state index >= 15 is 0 Å². The lowest BCUT2D eigenvalue weighted by atomic mass is 10.2. The number of thioether (sulfide) groups is 1. The molecule has 2 rings (SSSR count). The second kappa shape index (κ2) is 11.4. The number of urea groups is 1. The zero-order valence-corrected chi connectivity index (χ0v) is 16.0. The number of hydrogen-bond donors (Lipinski definition) is 3. The van der Waals surface area contributed by atoms with E-state index < -0.39 is 11.9 Å². The van der Waals surface area contributed by atoms with Gasteiger partial charge in [-0.25, -0.2) is 4.79 Å². The van der Waals surface area contributed by atoms with Crippen molar-refractivity contribution in [1.82, 2.24) is 20.8 Å². The third kappa shape index (κ3) is 7.81. The minimum absolute atomic E-state index is 0.0936. The fourth-order valence-electron chi connectivity index (χ4n) is 1.90. The summed E-state index contributed by atoms with van der Waals surface area (Å²) in [5, 5.41) is 16.8. The Kier molecular flexibility index (Phi) is 8.87. The predicted molar refractivity (Wildman–Crippen MR) is 103 cm³/mol. The van der Waals surface area contributed by atoms with Crippen LogP contribution < -0.4 is 16.0 Å². The molecule has 140 valence electrons. The van der Waals surface area contributed by atoms with Crippen LogP contribution in [0.15, 0.2) is 34.7 Å². The number of rotatable bonds is 10. The van der Waals surface area contributed by atoms with Crippen LogP contribution in [0.1, 0.15) is 5.56 Å². The Labute approximate surface area is 160 Å². The molecule has 0 saturated heterocycles. The number of nitrogens with zero attached hydrogens (tertiary/aromatic N) is 2. The lowest BCUT2D eigenvalue weighted by molar-refractivity contribution is -0.117. The van der Waals surface area contributed by atoms with Gasteiger partial charge in [-0.2, -0.15) is 0 Å². The summed E-state index contributed by atoms with van der Waals surface area (Å²) in [7, 11) is 1.54. The maximum Gasteiger partial charge on any atom is 0.321 e. The standard InChI is InChI=1S/C16H21N5O3S2/c1-24-10-9-17-14(23)19-13(22)11-25-16-21-20-15(26-16)18-8-7-12-5-3-2-4-6-12/h2-6H,7-11H2,1H3,(H,18,20)(H2,17,19,22,23). The van der Waals surface area contributed by atoms with E-state index in [1.165, 1.54) is 35.8 Å². The van der Waals surface area contributed by atoms with Crippen LogP contribution in [0.5, 0.6) is 0 Å². The van der Waals surface area contributed by atoms with Crippen LogP contribution in [-0.2, 0) is 16.0 Å². The van der Waals surface area contributed by atoms with E-state index in [1.807, 2.05) is 18.2 Å². The van der Waals surface area contributed by atoms with Gasteiger partial charge >= 0.3 is 6.03 Å². The van der Waals surface area contributed by atoms with Gasteiger partial charge in [-0.3, -0.25) is 10.1 Å². The van der Waals surface area contributed by atoms with Gasteiger partial charge in [-0.15, -0.1) is 10.2 Å². The number of amides is 3. The molecule has 0 aliphatic carbocycles. The molecule has 1 aromatic heterocycles. The SMILES string of the molecule is COCCNC(=O)NC(=O)CSc1nnc(NCCc2ccccc2)s1. The maximum atomic E-state index is 11.7. The highest BCUT2D eigenvalue weighted by Crippen LogP contribution is 2.25. The van der Waals surface area contributed by atoms with E-state index in [4.69, 9.17) is 4.74 Å². The van der Waals surface area contributed by atoms with Crippen LogP contribution in [0, 0.1) is 0 Å². The molecular weight excluding hydrogens is 374 g/mol. The van der Waals surface area contributed by atoms with Gasteiger partial charge < -0.3 is 15.4 Å². The summed E-state index contributed by atoms with van der Waals surface area (Å²) in [4.78, 5) is 23.1. The molecule has 0 fully saturated rings. The van der Waals surface area contributed by atoms with E-state index in [9.17, 15) is 9.59 Å². The Morgan fingerprint density at radius 3 is 2.77 bits per heavy atom. The lowest BCUT2D eigenvalue weighted by Crippen LogP contribution is -2.41. The minimum atomic E-state index is -0.534. The zero-order chi connectivity index (χ0) is 18.6. The molecule has 10 heteroatoms. The van der Waals surface area contributed by atoms with Crippen molar-refractivity contribution >= 4 is 40.2 Å². The van der Waals surface area contributed by atoms with Crippen LogP contribution in [-0.4, -0.2) is 54.7 Å². The van der Waals surface area contributed by atoms with Gasteiger partial charge in [0.2, 0.25) is 11.0 Å². The van der Waals surface area contributed by atoms with E-state index in [0.29, 0.717) is 22.6 Å².